The maximum absolute atomic E-state index is 14.0. The van der Waals surface area contributed by atoms with Gasteiger partial charge in [-0.05, 0) is 49.1 Å². The Morgan fingerprint density at radius 2 is 1.88 bits per heavy atom. The Morgan fingerprint density at radius 3 is 2.64 bits per heavy atom. The van der Waals surface area contributed by atoms with Crippen molar-refractivity contribution in [1.82, 2.24) is 9.36 Å². The maximum Gasteiger partial charge on any atom is 0.295 e. The summed E-state index contributed by atoms with van der Waals surface area (Å²) in [5, 5.41) is 3.37. The van der Waals surface area contributed by atoms with Crippen molar-refractivity contribution in [2.45, 2.75) is 25.8 Å². The molecule has 0 bridgehead atoms. The highest BCUT2D eigenvalue weighted by molar-refractivity contribution is 5.52. The molecule has 1 aliphatic carbocycles. The van der Waals surface area contributed by atoms with Crippen LogP contribution in [-0.4, -0.2) is 9.36 Å². The molecular formula is C20H20FN3O. The first-order valence-corrected chi connectivity index (χ1v) is 8.45. The zero-order chi connectivity index (χ0) is 17.6. The van der Waals surface area contributed by atoms with Gasteiger partial charge in [-0.1, -0.05) is 30.3 Å². The van der Waals surface area contributed by atoms with Gasteiger partial charge in [-0.3, -0.25) is 9.48 Å². The smallest absolute Gasteiger partial charge is 0.295 e. The van der Waals surface area contributed by atoms with Crippen LogP contribution in [0.4, 0.5) is 10.1 Å². The molecule has 0 fully saturated rings. The van der Waals surface area contributed by atoms with Crippen molar-refractivity contribution in [3.63, 3.8) is 0 Å². The van der Waals surface area contributed by atoms with Gasteiger partial charge >= 0.3 is 0 Å². The van der Waals surface area contributed by atoms with Gasteiger partial charge in [0.05, 0.1) is 17.4 Å². The molecule has 1 aromatic heterocycles. The number of anilines is 1. The number of rotatable bonds is 3. The van der Waals surface area contributed by atoms with E-state index in [-0.39, 0.29) is 17.4 Å². The maximum atomic E-state index is 14.0. The van der Waals surface area contributed by atoms with Crippen molar-refractivity contribution in [3.8, 4) is 5.69 Å². The molecule has 4 nitrogen and oxygen atoms in total. The van der Waals surface area contributed by atoms with Crippen LogP contribution in [0.3, 0.4) is 0 Å². The Labute approximate surface area is 145 Å². The van der Waals surface area contributed by atoms with E-state index in [1.807, 2.05) is 55.1 Å². The molecule has 4 rings (SSSR count). The third-order valence-corrected chi connectivity index (χ3v) is 5.09. The van der Waals surface area contributed by atoms with Crippen molar-refractivity contribution in [2.24, 2.45) is 7.05 Å². The standard InChI is InChI=1S/C20H20FN3O/c1-13-19(20(25)24(23(13)2)14-7-4-3-5-8-14)22-18-12-11-15-16(18)9-6-10-17(15)21/h3-10,18,22H,11-12H2,1-2H3/t18-/m0/s1. The number of benzene rings is 2. The van der Waals surface area contributed by atoms with E-state index in [4.69, 9.17) is 0 Å². The number of halogens is 1. The SMILES string of the molecule is Cc1c(N[C@H]2CCc3c(F)cccc32)c(=O)n(-c2ccccc2)n1C. The minimum Gasteiger partial charge on any atom is -0.372 e. The van der Waals surface area contributed by atoms with E-state index in [1.54, 1.807) is 10.7 Å². The van der Waals surface area contributed by atoms with Crippen molar-refractivity contribution in [1.29, 1.82) is 0 Å². The Kier molecular flexibility index (Phi) is 3.71. The second-order valence-corrected chi connectivity index (χ2v) is 6.48. The highest BCUT2D eigenvalue weighted by Gasteiger charge is 2.27. The summed E-state index contributed by atoms with van der Waals surface area (Å²) >= 11 is 0. The summed E-state index contributed by atoms with van der Waals surface area (Å²) in [7, 11) is 1.87. The van der Waals surface area contributed by atoms with E-state index in [2.05, 4.69) is 5.32 Å². The molecule has 0 saturated heterocycles. The lowest BCUT2D eigenvalue weighted by molar-refractivity contribution is 0.612. The first kappa shape index (κ1) is 15.7. The summed E-state index contributed by atoms with van der Waals surface area (Å²) in [4.78, 5) is 13.0. The van der Waals surface area contributed by atoms with Gasteiger partial charge in [-0.15, -0.1) is 0 Å². The van der Waals surface area contributed by atoms with Crippen LogP contribution in [0.5, 0.6) is 0 Å². The zero-order valence-electron chi connectivity index (χ0n) is 14.3. The molecule has 0 unspecified atom stereocenters. The lowest BCUT2D eigenvalue weighted by atomic mass is 10.1. The van der Waals surface area contributed by atoms with E-state index in [9.17, 15) is 9.18 Å². The Balaban J connectivity index is 1.75. The Hall–Kier alpha value is -2.82. The van der Waals surface area contributed by atoms with E-state index < -0.39 is 0 Å². The Morgan fingerprint density at radius 1 is 1.12 bits per heavy atom. The molecule has 0 saturated carbocycles. The molecule has 0 spiro atoms. The lowest BCUT2D eigenvalue weighted by Crippen LogP contribution is -2.21. The fraction of sp³-hybridized carbons (Fsp3) is 0.250. The van der Waals surface area contributed by atoms with Crippen LogP contribution in [0.2, 0.25) is 0 Å². The van der Waals surface area contributed by atoms with Crippen molar-refractivity contribution < 1.29 is 4.39 Å². The summed E-state index contributed by atoms with van der Waals surface area (Å²) in [6.45, 7) is 1.92. The Bertz CT molecular complexity index is 988. The van der Waals surface area contributed by atoms with Crippen LogP contribution in [0.25, 0.3) is 5.69 Å². The fourth-order valence-corrected chi connectivity index (χ4v) is 3.67. The molecule has 1 aliphatic rings. The third kappa shape index (κ3) is 2.47. The van der Waals surface area contributed by atoms with Gasteiger partial charge < -0.3 is 5.32 Å². The number of para-hydroxylation sites is 1. The van der Waals surface area contributed by atoms with E-state index in [1.165, 1.54) is 6.07 Å². The van der Waals surface area contributed by atoms with Gasteiger partial charge in [0.25, 0.3) is 5.56 Å². The molecule has 0 aliphatic heterocycles. The minimum atomic E-state index is -0.159. The predicted octanol–water partition coefficient (Wildman–Crippen LogP) is 3.72. The molecular weight excluding hydrogens is 317 g/mol. The van der Waals surface area contributed by atoms with Crippen LogP contribution in [0, 0.1) is 12.7 Å². The van der Waals surface area contributed by atoms with Crippen molar-refractivity contribution in [2.75, 3.05) is 5.32 Å². The van der Waals surface area contributed by atoms with Crippen molar-refractivity contribution in [3.05, 3.63) is 81.5 Å². The first-order valence-electron chi connectivity index (χ1n) is 8.45. The molecule has 1 heterocycles. The van der Waals surface area contributed by atoms with E-state index >= 15 is 0 Å². The highest BCUT2D eigenvalue weighted by atomic mass is 19.1. The second-order valence-electron chi connectivity index (χ2n) is 6.48. The number of fused-ring (bicyclic) bond motifs is 1. The van der Waals surface area contributed by atoms with Gasteiger partial charge in [-0.25, -0.2) is 9.07 Å². The second kappa shape index (κ2) is 5.92. The molecule has 1 atom stereocenters. The lowest BCUT2D eigenvalue weighted by Gasteiger charge is -2.14. The summed E-state index contributed by atoms with van der Waals surface area (Å²) in [5.41, 5.74) is 3.89. The van der Waals surface area contributed by atoms with Gasteiger partial charge in [0.1, 0.15) is 11.5 Å². The summed E-state index contributed by atoms with van der Waals surface area (Å²) < 4.78 is 17.5. The molecule has 128 valence electrons. The van der Waals surface area contributed by atoms with E-state index in [0.717, 1.165) is 28.9 Å². The number of nitrogens with zero attached hydrogens (tertiary/aromatic N) is 2. The first-order chi connectivity index (χ1) is 12.1. The average Bonchev–Trinajstić information content (AvgIpc) is 3.12. The molecule has 25 heavy (non-hydrogen) atoms. The number of aromatic nitrogens is 2. The van der Waals surface area contributed by atoms with Gasteiger partial charge in [-0.2, -0.15) is 0 Å². The molecule has 0 amide bonds. The summed E-state index contributed by atoms with van der Waals surface area (Å²) in [5.74, 6) is -0.159. The van der Waals surface area contributed by atoms with Gasteiger partial charge in [0, 0.05) is 7.05 Å². The molecule has 0 radical (unpaired) electrons. The van der Waals surface area contributed by atoms with Crippen LogP contribution >= 0.6 is 0 Å². The minimum absolute atomic E-state index is 0.0382. The normalized spacial score (nSPS) is 16.0. The molecule has 1 N–H and O–H groups in total. The molecule has 3 aromatic rings. The summed E-state index contributed by atoms with van der Waals surface area (Å²) in [6, 6.07) is 14.7. The van der Waals surface area contributed by atoms with Gasteiger partial charge in [0.2, 0.25) is 0 Å². The predicted molar refractivity (Wildman–Crippen MR) is 96.8 cm³/mol. The van der Waals surface area contributed by atoms with Crippen LogP contribution < -0.4 is 10.9 Å². The largest absolute Gasteiger partial charge is 0.372 e. The van der Waals surface area contributed by atoms with Gasteiger partial charge in [0.15, 0.2) is 0 Å². The topological polar surface area (TPSA) is 39.0 Å². The zero-order valence-corrected chi connectivity index (χ0v) is 14.3. The molecule has 2 aromatic carbocycles. The number of hydrogen-bond donors (Lipinski definition) is 1. The van der Waals surface area contributed by atoms with E-state index in [0.29, 0.717) is 12.1 Å². The number of nitrogens with one attached hydrogen (secondary N) is 1. The quantitative estimate of drug-likeness (QED) is 0.791. The summed E-state index contributed by atoms with van der Waals surface area (Å²) in [6.07, 6.45) is 1.48. The van der Waals surface area contributed by atoms with Crippen molar-refractivity contribution >= 4 is 5.69 Å². The van der Waals surface area contributed by atoms with Crippen LogP contribution in [0.1, 0.15) is 29.3 Å². The van der Waals surface area contributed by atoms with Crippen LogP contribution in [0.15, 0.2) is 53.3 Å². The highest BCUT2D eigenvalue weighted by Crippen LogP contribution is 2.35. The monoisotopic (exact) mass is 337 g/mol. The fourth-order valence-electron chi connectivity index (χ4n) is 3.67. The van der Waals surface area contributed by atoms with Crippen LogP contribution in [-0.2, 0) is 13.5 Å². The molecule has 5 heteroatoms. The number of hydrogen-bond acceptors (Lipinski definition) is 2. The third-order valence-electron chi connectivity index (χ3n) is 5.09. The average molecular weight is 337 g/mol.